The zero-order valence-electron chi connectivity index (χ0n) is 33.4. The Kier molecular flexibility index (Phi) is 31.1. The van der Waals surface area contributed by atoms with Crippen LogP contribution in [0.3, 0.4) is 0 Å². The van der Waals surface area contributed by atoms with Crippen LogP contribution in [0.2, 0.25) is 0 Å². The van der Waals surface area contributed by atoms with Gasteiger partial charge < -0.3 is 25.8 Å². The first-order valence-electron chi connectivity index (χ1n) is 18.8. The van der Waals surface area contributed by atoms with Crippen LogP contribution in [0.15, 0.2) is 85.2 Å². The fourth-order valence-corrected chi connectivity index (χ4v) is 7.75. The molecule has 0 bridgehead atoms. The van der Waals surface area contributed by atoms with E-state index in [0.29, 0.717) is 4.88 Å². The summed E-state index contributed by atoms with van der Waals surface area (Å²) in [4.78, 5) is 28.3. The van der Waals surface area contributed by atoms with Crippen molar-refractivity contribution in [1.29, 1.82) is 0 Å². The number of nitrogens with zero attached hydrogens (tertiary/aromatic N) is 7. The Labute approximate surface area is 381 Å². The molecule has 9 nitrogen and oxygen atoms in total. The summed E-state index contributed by atoms with van der Waals surface area (Å²) in [5.74, 6) is -0.901. The van der Waals surface area contributed by atoms with Crippen LogP contribution in [0, 0.1) is 0 Å². The summed E-state index contributed by atoms with van der Waals surface area (Å²) in [5.41, 5.74) is 4.16. The van der Waals surface area contributed by atoms with Crippen LogP contribution in [0.5, 0.6) is 0 Å². The summed E-state index contributed by atoms with van der Waals surface area (Å²) >= 11 is 14.0. The van der Waals surface area contributed by atoms with Crippen molar-refractivity contribution in [2.24, 2.45) is 0 Å². The predicted molar refractivity (Wildman–Crippen MR) is 252 cm³/mol. The van der Waals surface area contributed by atoms with Gasteiger partial charge in [0.2, 0.25) is 0 Å². The molecule has 0 aliphatic rings. The number of thiocarbonyl (C=S) groups is 3. The molecule has 0 atom stereocenters. The number of isothiocyanates is 3. The third-order valence-corrected chi connectivity index (χ3v) is 11.0. The molecule has 0 aliphatic heterocycles. The molecule has 308 valence electrons. The van der Waals surface area contributed by atoms with Crippen molar-refractivity contribution >= 4 is 80.8 Å². The molecule has 1 N–H and O–H groups in total. The smallest absolute Gasteiger partial charge is 0.753 e. The van der Waals surface area contributed by atoms with Gasteiger partial charge in [-0.05, 0) is 91.9 Å². The van der Waals surface area contributed by atoms with Crippen molar-refractivity contribution in [3.63, 3.8) is 0 Å². The van der Waals surface area contributed by atoms with Crippen LogP contribution in [-0.2, 0) is 19.5 Å². The van der Waals surface area contributed by atoms with E-state index in [-0.39, 0.29) is 19.5 Å². The van der Waals surface area contributed by atoms with E-state index < -0.39 is 5.97 Å². The van der Waals surface area contributed by atoms with Gasteiger partial charge in [-0.3, -0.25) is 9.97 Å². The molecule has 0 saturated heterocycles. The van der Waals surface area contributed by atoms with Gasteiger partial charge in [0.05, 0.1) is 49.0 Å². The number of hydrogen-bond acceptors (Lipinski definition) is 9. The Hall–Kier alpha value is -3.70. The van der Waals surface area contributed by atoms with Crippen molar-refractivity contribution in [2.45, 2.75) is 79.1 Å². The largest absolute Gasteiger partial charge is 2.00 e. The molecule has 15 heteroatoms. The van der Waals surface area contributed by atoms with Crippen molar-refractivity contribution in [1.82, 2.24) is 15.0 Å². The quantitative estimate of drug-likeness (QED) is 0.0420. The first-order chi connectivity index (χ1) is 27.7. The number of pyridine rings is 3. The fraction of sp³-hybridized carbons (Fsp3) is 0.372. The molecule has 0 aromatic carbocycles. The topological polar surface area (TPSA) is 143 Å². The Morgan fingerprint density at radius 3 is 1.34 bits per heavy atom. The third kappa shape index (κ3) is 20.3. The summed E-state index contributed by atoms with van der Waals surface area (Å²) in [6, 6.07) is 23.2. The van der Waals surface area contributed by atoms with Crippen LogP contribution in [0.25, 0.3) is 59.2 Å². The molecule has 5 aromatic heterocycles. The monoisotopic (exact) mass is 959 g/mol. The Morgan fingerprint density at radius 1 is 0.621 bits per heavy atom. The number of carboxylic acid groups (broad SMARTS) is 1. The van der Waals surface area contributed by atoms with Crippen molar-refractivity contribution < 1.29 is 33.9 Å². The van der Waals surface area contributed by atoms with Crippen LogP contribution < -0.4 is 0 Å². The van der Waals surface area contributed by atoms with Crippen molar-refractivity contribution in [3.05, 3.63) is 106 Å². The van der Waals surface area contributed by atoms with Crippen molar-refractivity contribution in [2.75, 3.05) is 26.2 Å². The van der Waals surface area contributed by atoms with Crippen molar-refractivity contribution in [3.8, 4) is 43.0 Å². The molecular weight excluding hydrogens is 908 g/mol. The second-order valence-electron chi connectivity index (χ2n) is 12.6. The maximum absolute atomic E-state index is 11.2. The van der Waals surface area contributed by atoms with Gasteiger partial charge in [-0.15, -0.1) is 22.7 Å². The van der Waals surface area contributed by atoms with E-state index in [0.717, 1.165) is 43.0 Å². The molecule has 0 saturated carbocycles. The molecule has 0 aliphatic carbocycles. The summed E-state index contributed by atoms with van der Waals surface area (Å²) in [7, 11) is 0. The summed E-state index contributed by atoms with van der Waals surface area (Å²) in [6.07, 6.45) is 14.6. The minimum atomic E-state index is -0.901. The average molecular weight is 959 g/mol. The van der Waals surface area contributed by atoms with Crippen LogP contribution >= 0.6 is 59.3 Å². The number of aromatic carboxylic acids is 1. The Morgan fingerprint density at radius 2 is 1.00 bits per heavy atom. The minimum Gasteiger partial charge on any atom is -0.753 e. The molecule has 0 amide bonds. The fourth-order valence-electron chi connectivity index (χ4n) is 5.82. The van der Waals surface area contributed by atoms with Gasteiger partial charge in [0.1, 0.15) is 4.88 Å². The van der Waals surface area contributed by atoms with Gasteiger partial charge in [0, 0.05) is 27.0 Å². The normalized spacial score (nSPS) is 9.72. The summed E-state index contributed by atoms with van der Waals surface area (Å²) in [5, 5.41) is 34.6. The van der Waals surface area contributed by atoms with Gasteiger partial charge in [-0.2, -0.15) is 15.5 Å². The average Bonchev–Trinajstić information content (AvgIpc) is 3.94. The zero-order valence-corrected chi connectivity index (χ0v) is 39.3. The standard InChI is InChI=1S/C24H15N3O2S2.C16H36N.3CNS.Ru/c28-24(29)23-10-9-22(31-23)21-8-7-20(30-21)15-13-18(16-5-1-3-11-25-16)27-19(14-15)17-6-2-4-12-26-17;1-5-9-13-17(14-10-6-2,15-11-7-3)16-12-8-4;3*2-1-3;/h1-14H,(H,28,29);5-16H2,1-4H3;;;;/q;+1;3*-1;+2. The van der Waals surface area contributed by atoms with E-state index in [2.05, 4.69) is 80.4 Å². The van der Waals surface area contributed by atoms with Gasteiger partial charge in [0.25, 0.3) is 0 Å². The number of carbonyl (C=O) groups is 1. The molecule has 0 fully saturated rings. The van der Waals surface area contributed by atoms with E-state index in [1.165, 1.54) is 109 Å². The number of aromatic nitrogens is 3. The predicted octanol–water partition coefficient (Wildman–Crippen LogP) is 13.3. The number of thiophene rings is 2. The van der Waals surface area contributed by atoms with E-state index in [4.69, 9.17) is 21.2 Å². The molecule has 5 aromatic rings. The number of hydrogen-bond donors (Lipinski definition) is 1. The van der Waals surface area contributed by atoms with Gasteiger partial charge in [-0.25, -0.2) is 9.78 Å². The van der Waals surface area contributed by atoms with E-state index >= 15 is 0 Å². The van der Waals surface area contributed by atoms with E-state index in [1.54, 1.807) is 29.8 Å². The van der Waals surface area contributed by atoms with E-state index in [9.17, 15) is 9.90 Å². The summed E-state index contributed by atoms with van der Waals surface area (Å²) < 4.78 is 1.42. The molecular formula is C43H51N7O2RuS5. The van der Waals surface area contributed by atoms with Crippen LogP contribution in [0.1, 0.15) is 88.7 Å². The molecule has 5 heterocycles. The number of unbranched alkanes of at least 4 members (excludes halogenated alkanes) is 4. The SMILES string of the molecule is CCCC[N+](CCCC)(CCCC)CCCC.O=C(O)c1ccc(-c2ccc(-c3cc(-c4ccccn4)nc(-c4ccccn4)c3)s2)s1.[N-]=C=S.[N-]=C=S.[N-]=C=S.[Ru+2]. The van der Waals surface area contributed by atoms with Crippen LogP contribution in [-0.4, -0.2) is 72.2 Å². The molecule has 0 radical (unpaired) electrons. The molecule has 0 unspecified atom stereocenters. The second kappa shape index (κ2) is 33.2. The maximum Gasteiger partial charge on any atom is 2.00 e. The maximum atomic E-state index is 11.2. The Balaban J connectivity index is 0.00000102. The second-order valence-corrected chi connectivity index (χ2v) is 15.3. The number of carboxylic acids is 1. The molecule has 5 rings (SSSR count). The molecule has 0 spiro atoms. The van der Waals surface area contributed by atoms with E-state index in [1.807, 2.05) is 60.7 Å². The third-order valence-electron chi connectivity index (χ3n) is 8.57. The molecule has 58 heavy (non-hydrogen) atoms. The number of quaternary nitrogens is 1. The zero-order chi connectivity index (χ0) is 42.3. The number of rotatable bonds is 17. The van der Waals surface area contributed by atoms with Gasteiger partial charge in [-0.1, -0.05) is 102 Å². The van der Waals surface area contributed by atoms with Gasteiger partial charge >= 0.3 is 25.4 Å². The minimum absolute atomic E-state index is 0. The first kappa shape index (κ1) is 54.3. The Bertz CT molecular complexity index is 1850. The van der Waals surface area contributed by atoms with Crippen LogP contribution in [0.4, 0.5) is 0 Å². The summed E-state index contributed by atoms with van der Waals surface area (Å²) in [6.45, 7) is 15.0. The van der Waals surface area contributed by atoms with Gasteiger partial charge in [0.15, 0.2) is 0 Å². The first-order valence-corrected chi connectivity index (χ1v) is 21.7.